The minimum absolute atomic E-state index is 0.0139. The molecule has 0 saturated carbocycles. The molecule has 8 heteroatoms. The average Bonchev–Trinajstić information content (AvgIpc) is 3.03. The first kappa shape index (κ1) is 16.5. The molecule has 2 aromatic rings. The first-order valence-electron chi connectivity index (χ1n) is 7.82. The van der Waals surface area contributed by atoms with Crippen molar-refractivity contribution < 1.29 is 14.7 Å². The van der Waals surface area contributed by atoms with Gasteiger partial charge in [0.2, 0.25) is 0 Å². The largest absolute Gasteiger partial charge is 0.476 e. The molecule has 126 valence electrons. The molecule has 3 rings (SSSR count). The Morgan fingerprint density at radius 2 is 2.04 bits per heavy atom. The highest BCUT2D eigenvalue weighted by Crippen LogP contribution is 2.38. The van der Waals surface area contributed by atoms with Crippen LogP contribution in [0.25, 0.3) is 0 Å². The fraction of sp³-hybridized carbons (Fsp3) is 0.438. The van der Waals surface area contributed by atoms with Gasteiger partial charge in [0.05, 0.1) is 34.0 Å². The van der Waals surface area contributed by atoms with Crippen molar-refractivity contribution in [2.45, 2.75) is 38.6 Å². The first-order valence-corrected chi connectivity index (χ1v) is 8.63. The average molecular weight is 346 g/mol. The number of fused-ring (bicyclic) bond motifs is 1. The molecule has 1 aliphatic rings. The van der Waals surface area contributed by atoms with E-state index in [1.807, 2.05) is 0 Å². The summed E-state index contributed by atoms with van der Waals surface area (Å²) in [7, 11) is 1.75. The van der Waals surface area contributed by atoms with Crippen LogP contribution in [0.4, 0.5) is 0 Å². The highest BCUT2D eigenvalue weighted by molar-refractivity contribution is 7.11. The molecular weight excluding hydrogens is 328 g/mol. The molecule has 7 nitrogen and oxygen atoms in total. The van der Waals surface area contributed by atoms with Crippen LogP contribution in [0, 0.1) is 0 Å². The lowest BCUT2D eigenvalue weighted by molar-refractivity contribution is 0.0680. The van der Waals surface area contributed by atoms with Crippen molar-refractivity contribution >= 4 is 23.2 Å². The number of rotatable bonds is 4. The van der Waals surface area contributed by atoms with E-state index in [-0.39, 0.29) is 23.3 Å². The number of carboxylic acid groups (broad SMARTS) is 1. The van der Waals surface area contributed by atoms with Gasteiger partial charge in [-0.1, -0.05) is 6.92 Å². The van der Waals surface area contributed by atoms with Crippen molar-refractivity contribution in [1.29, 1.82) is 0 Å². The van der Waals surface area contributed by atoms with Gasteiger partial charge < -0.3 is 10.0 Å². The molecule has 2 heterocycles. The zero-order valence-corrected chi connectivity index (χ0v) is 14.3. The molecule has 0 aromatic carbocycles. The predicted octanol–water partition coefficient (Wildman–Crippen LogP) is 2.34. The lowest BCUT2D eigenvalue weighted by Gasteiger charge is -2.30. The van der Waals surface area contributed by atoms with Gasteiger partial charge in [0, 0.05) is 7.05 Å². The highest BCUT2D eigenvalue weighted by Gasteiger charge is 2.30. The number of aryl methyl sites for hydroxylation is 2. The Morgan fingerprint density at radius 3 is 2.67 bits per heavy atom. The molecule has 0 fully saturated rings. The van der Waals surface area contributed by atoms with Gasteiger partial charge in [-0.05, 0) is 25.7 Å². The lowest BCUT2D eigenvalue weighted by atomic mass is 9.97. The number of carbonyl (C=O) groups excluding carboxylic acids is 1. The van der Waals surface area contributed by atoms with E-state index in [2.05, 4.69) is 21.9 Å². The fourth-order valence-electron chi connectivity index (χ4n) is 2.84. The van der Waals surface area contributed by atoms with Crippen LogP contribution in [0.5, 0.6) is 0 Å². The van der Waals surface area contributed by atoms with Crippen molar-refractivity contribution in [3.05, 3.63) is 39.4 Å². The number of aromatic carboxylic acids is 1. The van der Waals surface area contributed by atoms with Crippen LogP contribution < -0.4 is 0 Å². The molecule has 1 aliphatic carbocycles. The van der Waals surface area contributed by atoms with Crippen molar-refractivity contribution in [3.63, 3.8) is 0 Å². The number of carboxylic acids is 1. The van der Waals surface area contributed by atoms with E-state index in [0.29, 0.717) is 0 Å². The molecule has 0 spiro atoms. The van der Waals surface area contributed by atoms with Crippen LogP contribution in [-0.2, 0) is 12.8 Å². The number of thiazole rings is 1. The molecule has 24 heavy (non-hydrogen) atoms. The third-order valence-corrected chi connectivity index (χ3v) is 5.49. The maximum absolute atomic E-state index is 12.7. The summed E-state index contributed by atoms with van der Waals surface area (Å²) in [6.07, 6.45) is 6.06. The van der Waals surface area contributed by atoms with Gasteiger partial charge in [-0.25, -0.2) is 19.7 Å². The Kier molecular flexibility index (Phi) is 4.57. The Bertz CT molecular complexity index is 772. The van der Waals surface area contributed by atoms with Crippen molar-refractivity contribution in [2.24, 2.45) is 0 Å². The van der Waals surface area contributed by atoms with E-state index in [0.717, 1.165) is 47.5 Å². The monoisotopic (exact) mass is 346 g/mol. The second-order valence-electron chi connectivity index (χ2n) is 5.69. The van der Waals surface area contributed by atoms with Gasteiger partial charge in [-0.3, -0.25) is 4.79 Å². The summed E-state index contributed by atoms with van der Waals surface area (Å²) in [5.74, 6) is -1.42. The van der Waals surface area contributed by atoms with Crippen LogP contribution in [0.3, 0.4) is 0 Å². The maximum Gasteiger partial charge on any atom is 0.356 e. The number of hydrogen-bond acceptors (Lipinski definition) is 6. The van der Waals surface area contributed by atoms with E-state index in [1.54, 1.807) is 23.3 Å². The summed E-state index contributed by atoms with van der Waals surface area (Å²) in [5, 5.41) is 9.95. The number of carbonyl (C=O) groups is 2. The molecule has 1 N–H and O–H groups in total. The summed E-state index contributed by atoms with van der Waals surface area (Å²) < 4.78 is 0. The molecule has 0 bridgehead atoms. The molecular formula is C16H18N4O3S. The lowest BCUT2D eigenvalue weighted by Crippen LogP contribution is -2.33. The number of nitrogens with zero attached hydrogens (tertiary/aromatic N) is 4. The Labute approximate surface area is 143 Å². The molecule has 0 saturated heterocycles. The van der Waals surface area contributed by atoms with E-state index < -0.39 is 5.97 Å². The fourth-order valence-corrected chi connectivity index (χ4v) is 4.07. The number of aromatic nitrogens is 3. The third-order valence-electron chi connectivity index (χ3n) is 4.15. The second-order valence-corrected chi connectivity index (χ2v) is 6.80. The summed E-state index contributed by atoms with van der Waals surface area (Å²) in [6, 6.07) is -0.0139. The minimum Gasteiger partial charge on any atom is -0.476 e. The maximum atomic E-state index is 12.7. The first-order chi connectivity index (χ1) is 11.5. The van der Waals surface area contributed by atoms with Crippen molar-refractivity contribution in [3.8, 4) is 0 Å². The quantitative estimate of drug-likeness (QED) is 0.913. The van der Waals surface area contributed by atoms with Crippen LogP contribution in [-0.4, -0.2) is 43.9 Å². The van der Waals surface area contributed by atoms with Crippen LogP contribution in [0.2, 0.25) is 0 Å². The Hall–Kier alpha value is -2.35. The SMILES string of the molecule is CCc1nc2c(s1)C(N(C)C(=O)c1cnc(C(=O)O)cn1)CCC2. The van der Waals surface area contributed by atoms with E-state index >= 15 is 0 Å². The van der Waals surface area contributed by atoms with Gasteiger partial charge in [0.15, 0.2) is 5.69 Å². The van der Waals surface area contributed by atoms with Crippen LogP contribution in [0.15, 0.2) is 12.4 Å². The molecule has 1 amide bonds. The predicted molar refractivity (Wildman–Crippen MR) is 88.3 cm³/mol. The van der Waals surface area contributed by atoms with Gasteiger partial charge >= 0.3 is 5.97 Å². The Morgan fingerprint density at radius 1 is 1.33 bits per heavy atom. The zero-order valence-electron chi connectivity index (χ0n) is 13.5. The van der Waals surface area contributed by atoms with E-state index in [1.165, 1.54) is 6.20 Å². The van der Waals surface area contributed by atoms with Gasteiger partial charge in [0.1, 0.15) is 5.69 Å². The molecule has 2 aromatic heterocycles. The minimum atomic E-state index is -1.16. The second kappa shape index (κ2) is 6.64. The smallest absolute Gasteiger partial charge is 0.356 e. The van der Waals surface area contributed by atoms with E-state index in [9.17, 15) is 9.59 Å². The number of amides is 1. The molecule has 0 aliphatic heterocycles. The topological polar surface area (TPSA) is 96.3 Å². The van der Waals surface area contributed by atoms with Crippen LogP contribution >= 0.6 is 11.3 Å². The van der Waals surface area contributed by atoms with Crippen molar-refractivity contribution in [1.82, 2.24) is 19.9 Å². The van der Waals surface area contributed by atoms with Crippen molar-refractivity contribution in [2.75, 3.05) is 7.05 Å². The summed E-state index contributed by atoms with van der Waals surface area (Å²) >= 11 is 1.67. The summed E-state index contributed by atoms with van der Waals surface area (Å²) in [6.45, 7) is 2.08. The van der Waals surface area contributed by atoms with Gasteiger partial charge in [-0.15, -0.1) is 11.3 Å². The van der Waals surface area contributed by atoms with Gasteiger partial charge in [0.25, 0.3) is 5.91 Å². The number of hydrogen-bond donors (Lipinski definition) is 1. The third kappa shape index (κ3) is 3.01. The molecule has 0 radical (unpaired) electrons. The normalized spacial score (nSPS) is 16.5. The van der Waals surface area contributed by atoms with Crippen LogP contribution in [0.1, 0.15) is 62.4 Å². The summed E-state index contributed by atoms with van der Waals surface area (Å²) in [5.41, 5.74) is 1.07. The van der Waals surface area contributed by atoms with Gasteiger partial charge in [-0.2, -0.15) is 0 Å². The highest BCUT2D eigenvalue weighted by atomic mass is 32.1. The van der Waals surface area contributed by atoms with E-state index in [4.69, 9.17) is 5.11 Å². The summed E-state index contributed by atoms with van der Waals surface area (Å²) in [4.78, 5) is 38.7. The zero-order chi connectivity index (χ0) is 17.3. The Balaban J connectivity index is 1.84. The molecule has 1 unspecified atom stereocenters. The molecule has 1 atom stereocenters. The standard InChI is InChI=1S/C16H18N4O3S/c1-3-13-19-9-5-4-6-12(14(9)24-13)20(2)15(21)10-7-18-11(8-17-10)16(22)23/h7-8,12H,3-6H2,1-2H3,(H,22,23).